The van der Waals surface area contributed by atoms with Crippen LogP contribution in [0.4, 0.5) is 0 Å². The van der Waals surface area contributed by atoms with E-state index in [4.69, 9.17) is 0 Å². The molecule has 0 unspecified atom stereocenters. The molecule has 0 aliphatic carbocycles. The van der Waals surface area contributed by atoms with Crippen molar-refractivity contribution in [2.45, 2.75) is 20.8 Å². The number of hydrogen-bond acceptors (Lipinski definition) is 2. The molecule has 0 atom stereocenters. The average molecular weight is 128 g/mol. The van der Waals surface area contributed by atoms with Gasteiger partial charge in [0.15, 0.2) is 0 Å². The second kappa shape index (κ2) is 3.49. The van der Waals surface area contributed by atoms with Gasteiger partial charge in [-0.3, -0.25) is 0 Å². The molecule has 0 saturated heterocycles. The van der Waals surface area contributed by atoms with Gasteiger partial charge in [0.1, 0.15) is 0 Å². The molecule has 0 aromatic rings. The predicted octanol–water partition coefficient (Wildman–Crippen LogP) is 1.58. The monoisotopic (exact) mass is 128 g/mol. The molecule has 0 aromatic heterocycles. The lowest BCUT2D eigenvalue weighted by molar-refractivity contribution is 0.433. The molecule has 0 fully saturated rings. The normalized spacial score (nSPS) is 12.4. The maximum atomic E-state index is 4.23. The van der Waals surface area contributed by atoms with Crippen LogP contribution in [0.3, 0.4) is 0 Å². The Bertz CT molecular complexity index is 103. The lowest BCUT2D eigenvalue weighted by Gasteiger charge is -2.08. The molecule has 0 aliphatic heterocycles. The van der Waals surface area contributed by atoms with Crippen molar-refractivity contribution in [1.82, 2.24) is 5.01 Å². The predicted molar refractivity (Wildman–Crippen MR) is 41.6 cm³/mol. The van der Waals surface area contributed by atoms with Gasteiger partial charge in [-0.15, -0.1) is 0 Å². The van der Waals surface area contributed by atoms with E-state index in [1.165, 1.54) is 5.71 Å². The lowest BCUT2D eigenvalue weighted by atomic mass is 10.1. The molecule has 0 spiro atoms. The van der Waals surface area contributed by atoms with Crippen molar-refractivity contribution in [2.24, 2.45) is 11.0 Å². The number of hydrazone groups is 1. The van der Waals surface area contributed by atoms with Crippen LogP contribution in [0.25, 0.3) is 0 Å². The van der Waals surface area contributed by atoms with Crippen molar-refractivity contribution in [2.75, 3.05) is 14.1 Å². The molecule has 2 heteroatoms. The second-order valence-electron chi connectivity index (χ2n) is 2.74. The molecular weight excluding hydrogens is 112 g/mol. The van der Waals surface area contributed by atoms with Crippen LogP contribution >= 0.6 is 0 Å². The topological polar surface area (TPSA) is 15.6 Å². The zero-order valence-electron chi connectivity index (χ0n) is 6.97. The average Bonchev–Trinajstić information content (AvgIpc) is 1.63. The molecule has 0 aromatic carbocycles. The molecule has 0 N–H and O–H groups in total. The van der Waals surface area contributed by atoms with Crippen molar-refractivity contribution >= 4 is 5.71 Å². The van der Waals surface area contributed by atoms with Crippen LogP contribution in [0.2, 0.25) is 0 Å². The van der Waals surface area contributed by atoms with E-state index in [2.05, 4.69) is 18.9 Å². The molecule has 0 bridgehead atoms. The van der Waals surface area contributed by atoms with E-state index in [0.717, 1.165) is 0 Å². The molecule has 0 saturated carbocycles. The molecule has 0 heterocycles. The maximum Gasteiger partial charge on any atom is 0.0375 e. The number of nitrogens with zero attached hydrogens (tertiary/aromatic N) is 2. The molecule has 9 heavy (non-hydrogen) atoms. The van der Waals surface area contributed by atoms with Gasteiger partial charge in [0.2, 0.25) is 0 Å². The van der Waals surface area contributed by atoms with Gasteiger partial charge in [-0.2, -0.15) is 5.10 Å². The summed E-state index contributed by atoms with van der Waals surface area (Å²) in [6, 6.07) is 0. The standard InChI is InChI=1S/C7H16N2/c1-6(2)7(3)8-9(4)5/h6H,1-5H3/b8-7+. The molecule has 2 nitrogen and oxygen atoms in total. The molecule has 54 valence electrons. The Kier molecular flexibility index (Phi) is 3.28. The van der Waals surface area contributed by atoms with Gasteiger partial charge >= 0.3 is 0 Å². The Morgan fingerprint density at radius 1 is 1.33 bits per heavy atom. The first kappa shape index (κ1) is 8.47. The summed E-state index contributed by atoms with van der Waals surface area (Å²) in [7, 11) is 3.87. The SMILES string of the molecule is C/C(=N\N(C)C)C(C)C. The van der Waals surface area contributed by atoms with Crippen LogP contribution in [0.5, 0.6) is 0 Å². The van der Waals surface area contributed by atoms with Crippen molar-refractivity contribution in [3.05, 3.63) is 0 Å². The number of hydrogen-bond donors (Lipinski definition) is 0. The van der Waals surface area contributed by atoms with Gasteiger partial charge in [-0.05, 0) is 12.8 Å². The lowest BCUT2D eigenvalue weighted by Crippen LogP contribution is -2.10. The molecule has 0 rings (SSSR count). The van der Waals surface area contributed by atoms with Crippen LogP contribution < -0.4 is 0 Å². The van der Waals surface area contributed by atoms with Crippen LogP contribution in [0, 0.1) is 5.92 Å². The highest BCUT2D eigenvalue weighted by atomic mass is 15.4. The zero-order chi connectivity index (χ0) is 7.44. The second-order valence-corrected chi connectivity index (χ2v) is 2.74. The fourth-order valence-electron chi connectivity index (χ4n) is 0.431. The van der Waals surface area contributed by atoms with Crippen LogP contribution in [0.1, 0.15) is 20.8 Å². The smallest absolute Gasteiger partial charge is 0.0375 e. The minimum absolute atomic E-state index is 0.562. The Hall–Kier alpha value is -0.530. The highest BCUT2D eigenvalue weighted by molar-refractivity contribution is 5.83. The Morgan fingerprint density at radius 3 is 1.89 bits per heavy atom. The van der Waals surface area contributed by atoms with Crippen molar-refractivity contribution in [3.63, 3.8) is 0 Å². The Balaban J connectivity index is 3.84. The van der Waals surface area contributed by atoms with Crippen LogP contribution in [0.15, 0.2) is 5.10 Å². The fraction of sp³-hybridized carbons (Fsp3) is 0.857. The Labute approximate surface area is 57.6 Å². The molecule has 0 amide bonds. The van der Waals surface area contributed by atoms with Crippen LogP contribution in [-0.2, 0) is 0 Å². The minimum atomic E-state index is 0.562. The number of rotatable bonds is 2. The van der Waals surface area contributed by atoms with E-state index in [0.29, 0.717) is 5.92 Å². The van der Waals surface area contributed by atoms with E-state index in [1.807, 2.05) is 26.0 Å². The summed E-state index contributed by atoms with van der Waals surface area (Å²) >= 11 is 0. The first-order valence-corrected chi connectivity index (χ1v) is 3.26. The summed E-state index contributed by atoms with van der Waals surface area (Å²) in [4.78, 5) is 0. The van der Waals surface area contributed by atoms with E-state index in [1.54, 1.807) is 0 Å². The highest BCUT2D eigenvalue weighted by Gasteiger charge is 1.96. The largest absolute Gasteiger partial charge is 0.303 e. The summed E-state index contributed by atoms with van der Waals surface area (Å²) in [5.74, 6) is 0.562. The summed E-state index contributed by atoms with van der Waals surface area (Å²) in [6.45, 7) is 6.33. The third-order valence-electron chi connectivity index (χ3n) is 1.19. The van der Waals surface area contributed by atoms with E-state index in [-0.39, 0.29) is 0 Å². The third-order valence-corrected chi connectivity index (χ3v) is 1.19. The summed E-state index contributed by atoms with van der Waals surface area (Å²) in [6.07, 6.45) is 0. The van der Waals surface area contributed by atoms with Gasteiger partial charge in [0, 0.05) is 19.8 Å². The van der Waals surface area contributed by atoms with Crippen LogP contribution in [-0.4, -0.2) is 24.8 Å². The molecule has 0 radical (unpaired) electrons. The summed E-state index contributed by atoms with van der Waals surface area (Å²) in [5, 5.41) is 6.06. The maximum absolute atomic E-state index is 4.23. The van der Waals surface area contributed by atoms with Gasteiger partial charge in [-0.1, -0.05) is 13.8 Å². The van der Waals surface area contributed by atoms with Crippen molar-refractivity contribution < 1.29 is 0 Å². The van der Waals surface area contributed by atoms with Gasteiger partial charge in [-0.25, -0.2) is 0 Å². The first-order chi connectivity index (χ1) is 4.04. The van der Waals surface area contributed by atoms with Crippen molar-refractivity contribution in [1.29, 1.82) is 0 Å². The fourth-order valence-corrected chi connectivity index (χ4v) is 0.431. The third kappa shape index (κ3) is 4.01. The highest BCUT2D eigenvalue weighted by Crippen LogP contribution is 1.95. The van der Waals surface area contributed by atoms with E-state index < -0.39 is 0 Å². The quantitative estimate of drug-likeness (QED) is 0.407. The van der Waals surface area contributed by atoms with E-state index in [9.17, 15) is 0 Å². The minimum Gasteiger partial charge on any atom is -0.303 e. The molecular formula is C7H16N2. The zero-order valence-corrected chi connectivity index (χ0v) is 6.97. The summed E-state index contributed by atoms with van der Waals surface area (Å²) in [5.41, 5.74) is 1.18. The van der Waals surface area contributed by atoms with E-state index >= 15 is 0 Å². The van der Waals surface area contributed by atoms with Gasteiger partial charge < -0.3 is 5.01 Å². The summed E-state index contributed by atoms with van der Waals surface area (Å²) < 4.78 is 0. The van der Waals surface area contributed by atoms with Crippen molar-refractivity contribution in [3.8, 4) is 0 Å². The van der Waals surface area contributed by atoms with Gasteiger partial charge in [0.25, 0.3) is 0 Å². The van der Waals surface area contributed by atoms with Gasteiger partial charge in [0.05, 0.1) is 0 Å². The molecule has 0 aliphatic rings. The Morgan fingerprint density at radius 2 is 1.78 bits per heavy atom. The first-order valence-electron chi connectivity index (χ1n) is 3.26.